The molecule has 0 aromatic heterocycles. The van der Waals surface area contributed by atoms with Crippen molar-refractivity contribution >= 4 is 0 Å². The second-order valence-corrected chi connectivity index (χ2v) is 2.91. The lowest BCUT2D eigenvalue weighted by Gasteiger charge is -2.27. The zero-order chi connectivity index (χ0) is 10.3. The summed E-state index contributed by atoms with van der Waals surface area (Å²) >= 11 is 0. The van der Waals surface area contributed by atoms with E-state index in [9.17, 15) is 8.78 Å². The van der Waals surface area contributed by atoms with E-state index in [-0.39, 0.29) is 25.7 Å². The Bertz CT molecular complexity index is 125. The van der Waals surface area contributed by atoms with E-state index >= 15 is 0 Å². The number of rotatable bonds is 7. The van der Waals surface area contributed by atoms with Gasteiger partial charge in [0.2, 0.25) is 0 Å². The molecule has 1 unspecified atom stereocenters. The van der Waals surface area contributed by atoms with Gasteiger partial charge in [-0.1, -0.05) is 0 Å². The summed E-state index contributed by atoms with van der Waals surface area (Å²) in [7, 11) is 1.52. The second-order valence-electron chi connectivity index (χ2n) is 2.91. The molecule has 13 heavy (non-hydrogen) atoms. The van der Waals surface area contributed by atoms with E-state index in [1.807, 2.05) is 0 Å². The lowest BCUT2D eigenvalue weighted by atomic mass is 10.3. The van der Waals surface area contributed by atoms with Gasteiger partial charge < -0.3 is 9.84 Å². The third-order valence-corrected chi connectivity index (χ3v) is 1.79. The van der Waals surface area contributed by atoms with Gasteiger partial charge in [0.1, 0.15) is 0 Å². The molecule has 0 amide bonds. The van der Waals surface area contributed by atoms with Crippen LogP contribution in [-0.4, -0.2) is 55.9 Å². The van der Waals surface area contributed by atoms with Crippen LogP contribution in [0.1, 0.15) is 6.92 Å². The van der Waals surface area contributed by atoms with Crippen LogP contribution >= 0.6 is 0 Å². The first kappa shape index (κ1) is 12.7. The van der Waals surface area contributed by atoms with E-state index in [4.69, 9.17) is 9.84 Å². The maximum Gasteiger partial charge on any atom is 0.251 e. The van der Waals surface area contributed by atoms with Gasteiger partial charge in [-0.05, 0) is 6.92 Å². The van der Waals surface area contributed by atoms with Gasteiger partial charge in [-0.2, -0.15) is 0 Å². The van der Waals surface area contributed by atoms with Crippen LogP contribution in [0.5, 0.6) is 0 Å². The first-order valence-corrected chi connectivity index (χ1v) is 4.23. The molecule has 0 aliphatic rings. The number of nitrogens with zero attached hydrogens (tertiary/aromatic N) is 1. The van der Waals surface area contributed by atoms with Crippen LogP contribution in [0.15, 0.2) is 0 Å². The van der Waals surface area contributed by atoms with Gasteiger partial charge >= 0.3 is 0 Å². The fourth-order valence-corrected chi connectivity index (χ4v) is 1.14. The molecule has 0 fully saturated rings. The van der Waals surface area contributed by atoms with E-state index in [1.54, 1.807) is 6.92 Å². The maximum atomic E-state index is 12.0. The highest BCUT2D eigenvalue weighted by Gasteiger charge is 2.17. The first-order valence-electron chi connectivity index (χ1n) is 4.23. The Balaban J connectivity index is 3.90. The summed E-state index contributed by atoms with van der Waals surface area (Å²) in [5, 5.41) is 8.64. The number of hydrogen-bond donors (Lipinski definition) is 1. The minimum absolute atomic E-state index is 0.0915. The molecule has 0 aromatic rings. The molecule has 5 heteroatoms. The minimum atomic E-state index is -2.37. The van der Waals surface area contributed by atoms with Crippen LogP contribution in [-0.2, 0) is 4.74 Å². The topological polar surface area (TPSA) is 32.7 Å². The van der Waals surface area contributed by atoms with Crippen LogP contribution in [0, 0.1) is 0 Å². The largest absolute Gasteiger partial charge is 0.395 e. The van der Waals surface area contributed by atoms with Crippen molar-refractivity contribution in [2.24, 2.45) is 0 Å². The van der Waals surface area contributed by atoms with Crippen molar-refractivity contribution in [3.63, 3.8) is 0 Å². The number of halogens is 2. The highest BCUT2D eigenvalue weighted by Crippen LogP contribution is 2.03. The average Bonchev–Trinajstić information content (AvgIpc) is 2.03. The number of ether oxygens (including phenoxy) is 1. The van der Waals surface area contributed by atoms with Gasteiger partial charge in [0, 0.05) is 19.7 Å². The van der Waals surface area contributed by atoms with Crippen molar-refractivity contribution in [1.29, 1.82) is 0 Å². The third kappa shape index (κ3) is 5.90. The molecule has 0 heterocycles. The Morgan fingerprint density at radius 3 is 2.46 bits per heavy atom. The Hall–Kier alpha value is -0.260. The van der Waals surface area contributed by atoms with Crippen molar-refractivity contribution < 1.29 is 18.6 Å². The molecule has 80 valence electrons. The molecule has 1 atom stereocenters. The van der Waals surface area contributed by atoms with Crippen molar-refractivity contribution in [1.82, 2.24) is 4.90 Å². The Kier molecular flexibility index (Phi) is 7.03. The molecule has 0 saturated heterocycles. The summed E-state index contributed by atoms with van der Waals surface area (Å²) in [6.07, 6.45) is -2.37. The molecule has 3 nitrogen and oxygen atoms in total. The number of methoxy groups -OCH3 is 1. The summed E-state index contributed by atoms with van der Waals surface area (Å²) in [4.78, 5) is 1.51. The maximum absolute atomic E-state index is 12.0. The van der Waals surface area contributed by atoms with Crippen LogP contribution < -0.4 is 0 Å². The highest BCUT2D eigenvalue weighted by molar-refractivity contribution is 4.67. The molecule has 1 N–H and O–H groups in total. The van der Waals surface area contributed by atoms with E-state index in [0.717, 1.165) is 0 Å². The highest BCUT2D eigenvalue weighted by atomic mass is 19.3. The monoisotopic (exact) mass is 197 g/mol. The zero-order valence-electron chi connectivity index (χ0n) is 8.04. The normalized spacial score (nSPS) is 14.1. The van der Waals surface area contributed by atoms with Crippen molar-refractivity contribution in [2.75, 3.05) is 33.4 Å². The SMILES string of the molecule is COCC(C)N(CCO)CC(F)F. The summed E-state index contributed by atoms with van der Waals surface area (Å²) in [5.41, 5.74) is 0. The molecule has 0 spiro atoms. The number of hydrogen-bond acceptors (Lipinski definition) is 3. The Morgan fingerprint density at radius 1 is 1.46 bits per heavy atom. The summed E-state index contributed by atoms with van der Waals surface area (Å²) in [6, 6.07) is -0.0915. The number of alkyl halides is 2. The van der Waals surface area contributed by atoms with E-state index in [0.29, 0.717) is 6.61 Å². The smallest absolute Gasteiger partial charge is 0.251 e. The van der Waals surface area contributed by atoms with Gasteiger partial charge in [0.05, 0.1) is 19.8 Å². The Morgan fingerprint density at radius 2 is 2.08 bits per heavy atom. The van der Waals surface area contributed by atoms with Gasteiger partial charge in [-0.25, -0.2) is 8.78 Å². The fraction of sp³-hybridized carbons (Fsp3) is 1.00. The quantitative estimate of drug-likeness (QED) is 0.648. The van der Waals surface area contributed by atoms with Gasteiger partial charge in [0.15, 0.2) is 0 Å². The lowest BCUT2D eigenvalue weighted by molar-refractivity contribution is 0.0326. The molecule has 0 aromatic carbocycles. The fourth-order valence-electron chi connectivity index (χ4n) is 1.14. The number of aliphatic hydroxyl groups is 1. The van der Waals surface area contributed by atoms with Crippen LogP contribution in [0.25, 0.3) is 0 Å². The van der Waals surface area contributed by atoms with Crippen LogP contribution in [0.3, 0.4) is 0 Å². The van der Waals surface area contributed by atoms with Gasteiger partial charge in [0.25, 0.3) is 6.43 Å². The van der Waals surface area contributed by atoms with Crippen molar-refractivity contribution in [3.05, 3.63) is 0 Å². The van der Waals surface area contributed by atoms with Gasteiger partial charge in [-0.3, -0.25) is 4.90 Å². The van der Waals surface area contributed by atoms with Gasteiger partial charge in [-0.15, -0.1) is 0 Å². The lowest BCUT2D eigenvalue weighted by Crippen LogP contribution is -2.41. The van der Waals surface area contributed by atoms with E-state index in [2.05, 4.69) is 0 Å². The molecule has 0 radical (unpaired) electrons. The predicted molar refractivity (Wildman–Crippen MR) is 46.0 cm³/mol. The number of aliphatic hydroxyl groups excluding tert-OH is 1. The predicted octanol–water partition coefficient (Wildman–Crippen LogP) is 0.581. The van der Waals surface area contributed by atoms with Crippen molar-refractivity contribution in [2.45, 2.75) is 19.4 Å². The average molecular weight is 197 g/mol. The summed E-state index contributed by atoms with van der Waals surface area (Å²) in [6.45, 7) is 2.02. The minimum Gasteiger partial charge on any atom is -0.395 e. The van der Waals surface area contributed by atoms with Crippen LogP contribution in [0.2, 0.25) is 0 Å². The van der Waals surface area contributed by atoms with Crippen LogP contribution in [0.4, 0.5) is 8.78 Å². The standard InChI is InChI=1S/C8H17F2NO2/c1-7(6-13-2)11(3-4-12)5-8(9)10/h7-8,12H,3-6H2,1-2H3. The van der Waals surface area contributed by atoms with E-state index in [1.165, 1.54) is 12.0 Å². The summed E-state index contributed by atoms with van der Waals surface area (Å²) < 4.78 is 28.9. The zero-order valence-corrected chi connectivity index (χ0v) is 8.04. The molecular formula is C8H17F2NO2. The molecule has 0 aliphatic carbocycles. The first-order chi connectivity index (χ1) is 6.11. The third-order valence-electron chi connectivity index (χ3n) is 1.79. The van der Waals surface area contributed by atoms with E-state index < -0.39 is 6.43 Å². The molecule has 0 bridgehead atoms. The molecule has 0 aliphatic heterocycles. The molecular weight excluding hydrogens is 180 g/mol. The Labute approximate surface area is 77.3 Å². The molecule has 0 saturated carbocycles. The molecule has 0 rings (SSSR count). The van der Waals surface area contributed by atoms with Crippen molar-refractivity contribution in [3.8, 4) is 0 Å². The second kappa shape index (κ2) is 7.17. The summed E-state index contributed by atoms with van der Waals surface area (Å²) in [5.74, 6) is 0.